The standard InChI is InChI=1S/C21H21N5O2.C14H16ClN3O2.C7H7BN2O2.C7H5BrN2/c1-27-17-7-3-14(4-8-17)9-10-22-20-12-18(24-21(25-20)28-2)15-5-6-16-13-23-26-19(16)11-15;1-19-11-5-3-10(4-6-11)7-8-16-13-9-12(15)17-14(18-13)20-2;11-8(12)6-2-1-5-4-9-10-7(5)3-6;8-6-2-1-5-4-9-10-7(5)3-6/h3-8,11-13H,9-10H2,1-2H3,(H,23,26)(H,22,24,25);3-6,9H,7-8H2,1-2H3,(H,16,17,18);1-4,11-12H,(H,9,10);1-4H,(H,9,10). The lowest BCUT2D eigenvalue weighted by atomic mass is 9.80. The molecule has 5 aromatic heterocycles. The van der Waals surface area contributed by atoms with Crippen LogP contribution in [-0.2, 0) is 12.8 Å². The van der Waals surface area contributed by atoms with Crippen molar-refractivity contribution in [3.8, 4) is 34.8 Å². The van der Waals surface area contributed by atoms with E-state index in [4.69, 9.17) is 40.6 Å². The van der Waals surface area contributed by atoms with Gasteiger partial charge in [-0.3, -0.25) is 15.3 Å². The van der Waals surface area contributed by atoms with Gasteiger partial charge in [0.15, 0.2) is 0 Å². The van der Waals surface area contributed by atoms with Crippen molar-refractivity contribution in [2.75, 3.05) is 52.2 Å². The minimum atomic E-state index is -1.42. The van der Waals surface area contributed by atoms with Crippen molar-refractivity contribution in [3.63, 3.8) is 0 Å². The van der Waals surface area contributed by atoms with E-state index >= 15 is 0 Å². The number of anilines is 2. The molecular formula is C49H49BBrClN12O6. The molecule has 18 nitrogen and oxygen atoms in total. The number of hydrogen-bond acceptors (Lipinski definition) is 15. The summed E-state index contributed by atoms with van der Waals surface area (Å²) in [4.78, 5) is 17.0. The van der Waals surface area contributed by atoms with Gasteiger partial charge in [-0.25, -0.2) is 0 Å². The molecule has 0 saturated heterocycles. The molecule has 70 heavy (non-hydrogen) atoms. The number of rotatable bonds is 14. The van der Waals surface area contributed by atoms with Gasteiger partial charge in [0, 0.05) is 51.4 Å². The van der Waals surface area contributed by atoms with E-state index in [0.717, 1.165) is 91.7 Å². The third-order valence-electron chi connectivity index (χ3n) is 10.4. The number of benzene rings is 5. The van der Waals surface area contributed by atoms with Crippen LogP contribution in [0.5, 0.6) is 23.5 Å². The largest absolute Gasteiger partial charge is 0.497 e. The molecule has 0 aliphatic rings. The third-order valence-corrected chi connectivity index (χ3v) is 11.1. The maximum Gasteiger partial charge on any atom is 0.488 e. The molecule has 0 bridgehead atoms. The van der Waals surface area contributed by atoms with Gasteiger partial charge >= 0.3 is 19.1 Å². The first-order valence-corrected chi connectivity index (χ1v) is 22.8. The van der Waals surface area contributed by atoms with Crippen LogP contribution in [0.15, 0.2) is 138 Å². The second-order valence-electron chi connectivity index (χ2n) is 15.1. The summed E-state index contributed by atoms with van der Waals surface area (Å²) in [5, 5.41) is 48.1. The van der Waals surface area contributed by atoms with Crippen LogP contribution in [0.2, 0.25) is 5.15 Å². The molecule has 0 radical (unpaired) electrons. The average molecular weight is 1030 g/mol. The summed E-state index contributed by atoms with van der Waals surface area (Å²) in [5.41, 5.74) is 7.49. The van der Waals surface area contributed by atoms with Crippen LogP contribution in [0.3, 0.4) is 0 Å². The molecule has 0 amide bonds. The molecule has 0 aliphatic heterocycles. The topological polar surface area (TPSA) is 239 Å². The molecule has 0 unspecified atom stereocenters. The molecule has 0 spiro atoms. The van der Waals surface area contributed by atoms with E-state index < -0.39 is 7.12 Å². The highest BCUT2D eigenvalue weighted by molar-refractivity contribution is 9.10. The summed E-state index contributed by atoms with van der Waals surface area (Å²) in [6.07, 6.45) is 7.02. The van der Waals surface area contributed by atoms with Gasteiger partial charge in [-0.2, -0.15) is 35.2 Å². The highest BCUT2D eigenvalue weighted by Gasteiger charge is 2.12. The van der Waals surface area contributed by atoms with Crippen molar-refractivity contribution in [2.24, 2.45) is 0 Å². The van der Waals surface area contributed by atoms with E-state index in [1.165, 1.54) is 18.2 Å². The Bertz CT molecular complexity index is 3210. The SMILES string of the molecule is Brc1ccc2cn[nH]c2c1.COc1ccc(CCNc2cc(-c3ccc4cn[nH]c4c3)nc(OC)n2)cc1.COc1ccc(CCNc2cc(Cl)nc(OC)n2)cc1.OB(O)c1ccc2cn[nH]c2c1. The monoisotopic (exact) mass is 1030 g/mol. The van der Waals surface area contributed by atoms with Gasteiger partial charge in [-0.05, 0) is 78.0 Å². The van der Waals surface area contributed by atoms with E-state index in [1.807, 2.05) is 85.1 Å². The summed E-state index contributed by atoms with van der Waals surface area (Å²) in [5.74, 6) is 3.08. The lowest BCUT2D eigenvalue weighted by Crippen LogP contribution is -2.29. The predicted molar refractivity (Wildman–Crippen MR) is 277 cm³/mol. The van der Waals surface area contributed by atoms with Crippen LogP contribution in [0.1, 0.15) is 11.1 Å². The minimum absolute atomic E-state index is 0.254. The number of ether oxygens (including phenoxy) is 4. The number of nitrogens with zero attached hydrogens (tertiary/aromatic N) is 7. The van der Waals surface area contributed by atoms with Crippen molar-refractivity contribution in [1.29, 1.82) is 0 Å². The average Bonchev–Trinajstić information content (AvgIpc) is 4.18. The van der Waals surface area contributed by atoms with Gasteiger partial charge in [0.25, 0.3) is 0 Å². The summed E-state index contributed by atoms with van der Waals surface area (Å²) in [6.45, 7) is 1.48. The Morgan fingerprint density at radius 2 is 1.03 bits per heavy atom. The zero-order valence-electron chi connectivity index (χ0n) is 38.5. The lowest BCUT2D eigenvalue weighted by molar-refractivity contribution is 0.380. The van der Waals surface area contributed by atoms with Crippen LogP contribution in [0.4, 0.5) is 11.6 Å². The Morgan fingerprint density at radius 3 is 1.56 bits per heavy atom. The Labute approximate surface area is 416 Å². The van der Waals surface area contributed by atoms with E-state index in [1.54, 1.807) is 58.0 Å². The van der Waals surface area contributed by atoms with Crippen molar-refractivity contribution in [2.45, 2.75) is 12.8 Å². The Balaban J connectivity index is 0.000000149. The number of fused-ring (bicyclic) bond motifs is 3. The molecule has 10 rings (SSSR count). The number of H-pyrrole nitrogens is 3. The van der Waals surface area contributed by atoms with Crippen molar-refractivity contribution in [3.05, 3.63) is 155 Å². The van der Waals surface area contributed by atoms with Crippen molar-refractivity contribution < 1.29 is 29.0 Å². The van der Waals surface area contributed by atoms with Crippen LogP contribution < -0.4 is 35.0 Å². The summed E-state index contributed by atoms with van der Waals surface area (Å²) >= 11 is 9.24. The minimum Gasteiger partial charge on any atom is -0.497 e. The van der Waals surface area contributed by atoms with E-state index in [2.05, 4.69) is 89.2 Å². The predicted octanol–water partition coefficient (Wildman–Crippen LogP) is 8.06. The lowest BCUT2D eigenvalue weighted by Gasteiger charge is -2.10. The fraction of sp³-hybridized carbons (Fsp3) is 0.163. The van der Waals surface area contributed by atoms with Gasteiger partial charge in [0.2, 0.25) is 0 Å². The van der Waals surface area contributed by atoms with Gasteiger partial charge < -0.3 is 39.6 Å². The Hall–Kier alpha value is -7.78. The molecule has 0 atom stereocenters. The number of nitrogens with one attached hydrogen (secondary N) is 5. The summed E-state index contributed by atoms with van der Waals surface area (Å²) in [6, 6.07) is 37.3. The maximum absolute atomic E-state index is 8.84. The number of hydrogen-bond donors (Lipinski definition) is 7. The quantitative estimate of drug-likeness (QED) is 0.0403. The van der Waals surface area contributed by atoms with Crippen molar-refractivity contribution in [1.82, 2.24) is 50.5 Å². The van der Waals surface area contributed by atoms with Gasteiger partial charge in [-0.15, -0.1) is 0 Å². The van der Waals surface area contributed by atoms with Crippen LogP contribution >= 0.6 is 27.5 Å². The van der Waals surface area contributed by atoms with Gasteiger partial charge in [0.05, 0.1) is 69.3 Å². The molecule has 5 heterocycles. The molecule has 358 valence electrons. The van der Waals surface area contributed by atoms with Gasteiger partial charge in [-0.1, -0.05) is 82.1 Å². The second-order valence-corrected chi connectivity index (χ2v) is 16.4. The number of aromatic nitrogens is 10. The highest BCUT2D eigenvalue weighted by atomic mass is 79.9. The highest BCUT2D eigenvalue weighted by Crippen LogP contribution is 2.26. The van der Waals surface area contributed by atoms with Crippen LogP contribution in [-0.4, -0.2) is 109 Å². The number of methoxy groups -OCH3 is 4. The fourth-order valence-electron chi connectivity index (χ4n) is 6.71. The van der Waals surface area contributed by atoms with E-state index in [0.29, 0.717) is 22.4 Å². The normalized spacial score (nSPS) is 10.5. The first kappa shape index (κ1) is 50.1. The first-order chi connectivity index (χ1) is 34.1. The Morgan fingerprint density at radius 1 is 0.543 bits per heavy atom. The molecule has 5 aromatic carbocycles. The van der Waals surface area contributed by atoms with E-state index in [9.17, 15) is 0 Å². The van der Waals surface area contributed by atoms with E-state index in [-0.39, 0.29) is 6.01 Å². The van der Waals surface area contributed by atoms with Crippen LogP contribution in [0, 0.1) is 0 Å². The second kappa shape index (κ2) is 25.0. The third kappa shape index (κ3) is 14.4. The maximum atomic E-state index is 8.84. The number of halogens is 2. The molecule has 7 N–H and O–H groups in total. The molecule has 0 saturated carbocycles. The fourth-order valence-corrected chi connectivity index (χ4v) is 7.25. The molecular weight excluding hydrogens is 979 g/mol. The molecule has 0 aliphatic carbocycles. The zero-order valence-corrected chi connectivity index (χ0v) is 40.9. The molecule has 10 aromatic rings. The summed E-state index contributed by atoms with van der Waals surface area (Å²) in [7, 11) is 4.98. The smallest absolute Gasteiger partial charge is 0.488 e. The van der Waals surface area contributed by atoms with Crippen LogP contribution in [0.25, 0.3) is 44.0 Å². The first-order valence-electron chi connectivity index (χ1n) is 21.7. The Kier molecular flexibility index (Phi) is 17.9. The molecule has 21 heteroatoms. The zero-order chi connectivity index (χ0) is 49.2. The van der Waals surface area contributed by atoms with Crippen molar-refractivity contribution >= 4 is 84.5 Å². The van der Waals surface area contributed by atoms with Gasteiger partial charge in [0.1, 0.15) is 28.3 Å². The number of aromatic amines is 3. The summed E-state index contributed by atoms with van der Waals surface area (Å²) < 4.78 is 21.6. The molecule has 0 fully saturated rings.